The summed E-state index contributed by atoms with van der Waals surface area (Å²) >= 11 is 1.73. The van der Waals surface area contributed by atoms with Gasteiger partial charge in [0.15, 0.2) is 29.6 Å². The van der Waals surface area contributed by atoms with Gasteiger partial charge in [0, 0.05) is 21.5 Å². The number of rotatable bonds is 6. The molecule has 178 valence electrons. The van der Waals surface area contributed by atoms with Crippen molar-refractivity contribution in [2.45, 2.75) is 51.8 Å². The maximum Gasteiger partial charge on any atom is 0.192 e. The van der Waals surface area contributed by atoms with Crippen LogP contribution in [-0.4, -0.2) is 45.6 Å². The van der Waals surface area contributed by atoms with Crippen molar-refractivity contribution in [1.29, 1.82) is 0 Å². The van der Waals surface area contributed by atoms with E-state index < -0.39 is 0 Å². The van der Waals surface area contributed by atoms with Crippen LogP contribution < -0.4 is 14.8 Å². The third kappa shape index (κ3) is 3.97. The fourth-order valence-corrected chi connectivity index (χ4v) is 5.96. The van der Waals surface area contributed by atoms with Crippen LogP contribution in [-0.2, 0) is 23.4 Å². The molecular weight excluding hydrogens is 452 g/mol. The molecule has 1 aromatic carbocycles. The summed E-state index contributed by atoms with van der Waals surface area (Å²) < 4.78 is 12.3. The molecular formula is C24H28N6O3S. The number of nitrogens with zero attached hydrogens (tertiary/aromatic N) is 5. The molecule has 34 heavy (non-hydrogen) atoms. The second-order valence-corrected chi connectivity index (χ2v) is 10.6. The number of oxime groups is 1. The third-order valence-electron chi connectivity index (χ3n) is 5.89. The van der Waals surface area contributed by atoms with Crippen molar-refractivity contribution >= 4 is 33.4 Å². The Bertz CT molecular complexity index is 1400. The first-order chi connectivity index (χ1) is 16.2. The van der Waals surface area contributed by atoms with E-state index in [9.17, 15) is 0 Å². The van der Waals surface area contributed by atoms with Crippen LogP contribution in [0.1, 0.15) is 49.5 Å². The number of benzene rings is 1. The highest BCUT2D eigenvalue weighted by atomic mass is 32.1. The van der Waals surface area contributed by atoms with Gasteiger partial charge in [0.25, 0.3) is 0 Å². The standard InChI is InChI=1S/C24H28N6O3S/c1-23(2)10-15-19-21-27-18(12-33-26-11-14-7-8-16(31-5)17(9-14)32-6)28-30(21)13-25-22(19)34-20(15)24(3,4)29-23/h7-9,11,13,29H,10,12H2,1-6H3. The quantitative estimate of drug-likeness (QED) is 0.328. The van der Waals surface area contributed by atoms with Crippen LogP contribution in [0.2, 0.25) is 0 Å². The molecule has 0 spiro atoms. The molecule has 1 N–H and O–H groups in total. The molecule has 10 heteroatoms. The first kappa shape index (κ1) is 22.5. The normalized spacial score (nSPS) is 16.8. The van der Waals surface area contributed by atoms with Gasteiger partial charge >= 0.3 is 0 Å². The molecule has 1 aliphatic heterocycles. The highest BCUT2D eigenvalue weighted by Crippen LogP contribution is 2.44. The monoisotopic (exact) mass is 480 g/mol. The van der Waals surface area contributed by atoms with Gasteiger partial charge < -0.3 is 19.6 Å². The summed E-state index contributed by atoms with van der Waals surface area (Å²) in [6.07, 6.45) is 4.24. The van der Waals surface area contributed by atoms with Gasteiger partial charge in [0.2, 0.25) is 0 Å². The zero-order valence-electron chi connectivity index (χ0n) is 20.2. The fraction of sp³-hybridized carbons (Fsp3) is 0.417. The molecule has 1 aliphatic rings. The number of nitrogens with one attached hydrogen (secondary N) is 1. The molecule has 4 aromatic rings. The number of ether oxygens (including phenoxy) is 2. The average Bonchev–Trinajstić information content (AvgIpc) is 3.36. The predicted molar refractivity (Wildman–Crippen MR) is 132 cm³/mol. The van der Waals surface area contributed by atoms with Gasteiger partial charge in [0.1, 0.15) is 11.2 Å². The first-order valence-corrected chi connectivity index (χ1v) is 11.9. The van der Waals surface area contributed by atoms with Crippen molar-refractivity contribution in [2.75, 3.05) is 14.2 Å². The SMILES string of the molecule is COc1ccc(C=NOCc2nc3c4c5c(sc4ncn3n2)C(C)(C)NC(C)(C)C5)cc1OC. The minimum Gasteiger partial charge on any atom is -0.493 e. The summed E-state index contributed by atoms with van der Waals surface area (Å²) in [6.45, 7) is 9.05. The smallest absolute Gasteiger partial charge is 0.192 e. The summed E-state index contributed by atoms with van der Waals surface area (Å²) in [7, 11) is 3.20. The van der Waals surface area contributed by atoms with Crippen LogP contribution >= 0.6 is 11.3 Å². The number of hydrogen-bond acceptors (Lipinski definition) is 9. The minimum atomic E-state index is -0.135. The minimum absolute atomic E-state index is 0.0256. The van der Waals surface area contributed by atoms with E-state index in [0.29, 0.717) is 17.3 Å². The van der Waals surface area contributed by atoms with Gasteiger partial charge in [-0.25, -0.2) is 14.5 Å². The molecule has 0 saturated heterocycles. The maximum atomic E-state index is 5.49. The van der Waals surface area contributed by atoms with E-state index in [0.717, 1.165) is 27.8 Å². The van der Waals surface area contributed by atoms with Gasteiger partial charge in [0.05, 0.1) is 25.8 Å². The van der Waals surface area contributed by atoms with Gasteiger partial charge in [-0.15, -0.1) is 16.4 Å². The Kier molecular flexibility index (Phi) is 5.44. The number of methoxy groups -OCH3 is 2. The lowest BCUT2D eigenvalue weighted by Crippen LogP contribution is -2.54. The predicted octanol–water partition coefficient (Wildman–Crippen LogP) is 4.07. The van der Waals surface area contributed by atoms with Crippen molar-refractivity contribution in [3.8, 4) is 11.5 Å². The Labute approximate surface area is 201 Å². The number of thiophene rings is 1. The molecule has 0 amide bonds. The third-order valence-corrected chi connectivity index (χ3v) is 7.35. The highest BCUT2D eigenvalue weighted by molar-refractivity contribution is 7.19. The lowest BCUT2D eigenvalue weighted by molar-refractivity contribution is 0.126. The Morgan fingerprint density at radius 3 is 2.74 bits per heavy atom. The number of hydrogen-bond donors (Lipinski definition) is 1. The lowest BCUT2D eigenvalue weighted by atomic mass is 9.82. The van der Waals surface area contributed by atoms with Crippen LogP contribution in [0.5, 0.6) is 11.5 Å². The highest BCUT2D eigenvalue weighted by Gasteiger charge is 2.39. The van der Waals surface area contributed by atoms with Crippen molar-refractivity contribution in [3.05, 3.63) is 46.4 Å². The zero-order chi connectivity index (χ0) is 24.1. The lowest BCUT2D eigenvalue weighted by Gasteiger charge is -2.42. The molecule has 5 rings (SSSR count). The zero-order valence-corrected chi connectivity index (χ0v) is 21.0. The molecule has 9 nitrogen and oxygen atoms in total. The van der Waals surface area contributed by atoms with Gasteiger partial charge in [-0.3, -0.25) is 0 Å². The Balaban J connectivity index is 1.40. The first-order valence-electron chi connectivity index (χ1n) is 11.0. The molecule has 0 radical (unpaired) electrons. The van der Waals surface area contributed by atoms with E-state index in [1.807, 2.05) is 18.2 Å². The van der Waals surface area contributed by atoms with Gasteiger partial charge in [-0.05, 0) is 57.9 Å². The molecule has 0 aliphatic carbocycles. The van der Waals surface area contributed by atoms with Crippen LogP contribution in [0.3, 0.4) is 0 Å². The van der Waals surface area contributed by atoms with Crippen molar-refractivity contribution < 1.29 is 14.3 Å². The van der Waals surface area contributed by atoms with Crippen LogP contribution in [0, 0.1) is 0 Å². The van der Waals surface area contributed by atoms with Gasteiger partial charge in [-0.2, -0.15) is 0 Å². The van der Waals surface area contributed by atoms with E-state index in [-0.39, 0.29) is 17.7 Å². The largest absolute Gasteiger partial charge is 0.493 e. The molecule has 0 bridgehead atoms. The van der Waals surface area contributed by atoms with E-state index in [4.69, 9.17) is 19.3 Å². The Morgan fingerprint density at radius 2 is 1.97 bits per heavy atom. The van der Waals surface area contributed by atoms with E-state index >= 15 is 0 Å². The summed E-state index contributed by atoms with van der Waals surface area (Å²) in [5, 5.41) is 13.5. The average molecular weight is 481 g/mol. The van der Waals surface area contributed by atoms with Crippen LogP contribution in [0.15, 0.2) is 29.7 Å². The molecule has 0 fully saturated rings. The summed E-state index contributed by atoms with van der Waals surface area (Å²) in [6, 6.07) is 5.52. The summed E-state index contributed by atoms with van der Waals surface area (Å²) in [5.41, 5.74) is 2.78. The van der Waals surface area contributed by atoms with E-state index in [2.05, 4.69) is 48.3 Å². The Hall–Kier alpha value is -3.24. The van der Waals surface area contributed by atoms with Crippen LogP contribution in [0.4, 0.5) is 0 Å². The Morgan fingerprint density at radius 1 is 1.18 bits per heavy atom. The number of fused-ring (bicyclic) bond motifs is 5. The maximum absolute atomic E-state index is 5.49. The second kappa shape index (κ2) is 8.21. The van der Waals surface area contributed by atoms with Crippen molar-refractivity contribution in [2.24, 2.45) is 5.16 Å². The molecule has 0 saturated carbocycles. The van der Waals surface area contributed by atoms with Crippen LogP contribution in [0.25, 0.3) is 15.9 Å². The van der Waals surface area contributed by atoms with Crippen molar-refractivity contribution in [3.63, 3.8) is 0 Å². The second-order valence-electron chi connectivity index (χ2n) is 9.56. The van der Waals surface area contributed by atoms with Crippen molar-refractivity contribution in [1.82, 2.24) is 24.9 Å². The molecule has 0 unspecified atom stereocenters. The topological polar surface area (TPSA) is 95.2 Å². The number of aromatic nitrogens is 4. The molecule has 3 aromatic heterocycles. The summed E-state index contributed by atoms with van der Waals surface area (Å²) in [4.78, 5) is 17.2. The fourth-order valence-electron chi connectivity index (χ4n) is 4.75. The van der Waals surface area contributed by atoms with E-state index in [1.165, 1.54) is 10.4 Å². The molecule has 0 atom stereocenters. The van der Waals surface area contributed by atoms with E-state index in [1.54, 1.807) is 42.6 Å². The molecule has 4 heterocycles. The van der Waals surface area contributed by atoms with Gasteiger partial charge in [-0.1, -0.05) is 5.16 Å². The summed E-state index contributed by atoms with van der Waals surface area (Å²) in [5.74, 6) is 1.84.